The first-order valence-electron chi connectivity index (χ1n) is 8.61. The molecule has 0 atom stereocenters. The van der Waals surface area contributed by atoms with Crippen molar-refractivity contribution in [3.8, 4) is 0 Å². The number of hydrogen-bond donors (Lipinski definition) is 1. The maximum atomic E-state index is 5.82. The van der Waals surface area contributed by atoms with E-state index in [0.29, 0.717) is 5.92 Å². The largest absolute Gasteiger partial charge is 0.399 e. The minimum atomic E-state index is 0.602. The van der Waals surface area contributed by atoms with Crippen LogP contribution in [0.25, 0.3) is 11.0 Å². The Labute approximate surface area is 137 Å². The summed E-state index contributed by atoms with van der Waals surface area (Å²) in [6, 6.07) is 16.7. The van der Waals surface area contributed by atoms with Crippen molar-refractivity contribution in [2.75, 3.05) is 5.73 Å². The van der Waals surface area contributed by atoms with Crippen molar-refractivity contribution in [1.29, 1.82) is 0 Å². The first kappa shape index (κ1) is 14.3. The van der Waals surface area contributed by atoms with Gasteiger partial charge in [-0.3, -0.25) is 0 Å². The zero-order chi connectivity index (χ0) is 15.6. The summed E-state index contributed by atoms with van der Waals surface area (Å²) in [4.78, 5) is 4.99. The maximum absolute atomic E-state index is 5.82. The summed E-state index contributed by atoms with van der Waals surface area (Å²) in [6.07, 6.45) is 6.57. The van der Waals surface area contributed by atoms with Crippen LogP contribution in [-0.4, -0.2) is 9.55 Å². The Hall–Kier alpha value is -2.29. The lowest BCUT2D eigenvalue weighted by atomic mass is 9.88. The average Bonchev–Trinajstić information content (AvgIpc) is 2.96. The summed E-state index contributed by atoms with van der Waals surface area (Å²) in [7, 11) is 0. The second-order valence-corrected chi connectivity index (χ2v) is 6.62. The molecule has 1 aliphatic rings. The fourth-order valence-electron chi connectivity index (χ4n) is 3.74. The van der Waals surface area contributed by atoms with Gasteiger partial charge in [0.25, 0.3) is 0 Å². The van der Waals surface area contributed by atoms with Gasteiger partial charge in [0.15, 0.2) is 0 Å². The van der Waals surface area contributed by atoms with Crippen molar-refractivity contribution >= 4 is 16.7 Å². The zero-order valence-electron chi connectivity index (χ0n) is 13.4. The molecule has 3 nitrogen and oxygen atoms in total. The predicted molar refractivity (Wildman–Crippen MR) is 95.5 cm³/mol. The van der Waals surface area contributed by atoms with Gasteiger partial charge in [0.2, 0.25) is 0 Å². The molecule has 0 aliphatic heterocycles. The van der Waals surface area contributed by atoms with E-state index in [1.54, 1.807) is 0 Å². The number of nitrogens with two attached hydrogens (primary N) is 1. The fourth-order valence-corrected chi connectivity index (χ4v) is 3.74. The number of imidazole rings is 1. The Morgan fingerprint density at radius 2 is 1.70 bits per heavy atom. The van der Waals surface area contributed by atoms with Crippen LogP contribution in [0.2, 0.25) is 0 Å². The SMILES string of the molecule is Nc1ccc(Cn2c(C3CCCCC3)nc3ccccc32)cc1. The van der Waals surface area contributed by atoms with Gasteiger partial charge in [-0.1, -0.05) is 43.5 Å². The molecule has 0 radical (unpaired) electrons. The lowest BCUT2D eigenvalue weighted by Gasteiger charge is -2.22. The summed E-state index contributed by atoms with van der Waals surface area (Å²) in [5.41, 5.74) is 10.3. The summed E-state index contributed by atoms with van der Waals surface area (Å²) < 4.78 is 2.41. The van der Waals surface area contributed by atoms with Gasteiger partial charge < -0.3 is 10.3 Å². The predicted octanol–water partition coefficient (Wildman–Crippen LogP) is 4.71. The van der Waals surface area contributed by atoms with Crippen molar-refractivity contribution in [3.05, 3.63) is 59.9 Å². The molecule has 0 amide bonds. The van der Waals surface area contributed by atoms with Crippen LogP contribution in [0.5, 0.6) is 0 Å². The maximum Gasteiger partial charge on any atom is 0.113 e. The lowest BCUT2D eigenvalue weighted by Crippen LogP contribution is -2.13. The highest BCUT2D eigenvalue weighted by atomic mass is 15.1. The molecule has 2 N–H and O–H groups in total. The highest BCUT2D eigenvalue weighted by Crippen LogP contribution is 2.34. The monoisotopic (exact) mass is 305 g/mol. The number of para-hydroxylation sites is 2. The summed E-state index contributed by atoms with van der Waals surface area (Å²) in [6.45, 7) is 0.868. The van der Waals surface area contributed by atoms with Crippen molar-refractivity contribution < 1.29 is 0 Å². The second kappa shape index (κ2) is 6.07. The molecular formula is C20H23N3. The first-order valence-corrected chi connectivity index (χ1v) is 8.61. The Morgan fingerprint density at radius 3 is 2.48 bits per heavy atom. The van der Waals surface area contributed by atoms with E-state index in [0.717, 1.165) is 17.7 Å². The standard InChI is InChI=1S/C20H23N3/c21-17-12-10-15(11-13-17)14-23-19-9-5-4-8-18(19)22-20(23)16-6-2-1-3-7-16/h4-5,8-13,16H,1-3,6-7,14,21H2. The molecule has 118 valence electrons. The van der Waals surface area contributed by atoms with E-state index in [2.05, 4.69) is 41.0 Å². The molecule has 1 heterocycles. The van der Waals surface area contributed by atoms with E-state index in [-0.39, 0.29) is 0 Å². The van der Waals surface area contributed by atoms with Crippen molar-refractivity contribution in [1.82, 2.24) is 9.55 Å². The van der Waals surface area contributed by atoms with E-state index < -0.39 is 0 Å². The van der Waals surface area contributed by atoms with E-state index in [9.17, 15) is 0 Å². The van der Waals surface area contributed by atoms with Gasteiger partial charge in [0.1, 0.15) is 5.82 Å². The van der Waals surface area contributed by atoms with Crippen molar-refractivity contribution in [3.63, 3.8) is 0 Å². The molecule has 23 heavy (non-hydrogen) atoms. The van der Waals surface area contributed by atoms with E-state index in [1.807, 2.05) is 12.1 Å². The molecule has 0 unspecified atom stereocenters. The molecule has 1 aliphatic carbocycles. The van der Waals surface area contributed by atoms with Crippen molar-refractivity contribution in [2.24, 2.45) is 0 Å². The van der Waals surface area contributed by atoms with Gasteiger partial charge in [-0.25, -0.2) is 4.98 Å². The molecule has 0 spiro atoms. The van der Waals surface area contributed by atoms with Gasteiger partial charge >= 0.3 is 0 Å². The number of hydrogen-bond acceptors (Lipinski definition) is 2. The minimum absolute atomic E-state index is 0.602. The van der Waals surface area contributed by atoms with Crippen LogP contribution < -0.4 is 5.73 Å². The normalized spacial score (nSPS) is 16.0. The smallest absolute Gasteiger partial charge is 0.113 e. The molecule has 2 aromatic carbocycles. The third-order valence-electron chi connectivity index (χ3n) is 4.97. The lowest BCUT2D eigenvalue weighted by molar-refractivity contribution is 0.420. The number of anilines is 1. The molecule has 0 saturated heterocycles. The third kappa shape index (κ3) is 2.83. The molecule has 1 aromatic heterocycles. The topological polar surface area (TPSA) is 43.8 Å². The summed E-state index contributed by atoms with van der Waals surface area (Å²) >= 11 is 0. The molecule has 4 rings (SSSR count). The van der Waals surface area contributed by atoms with Crippen LogP contribution >= 0.6 is 0 Å². The minimum Gasteiger partial charge on any atom is -0.399 e. The number of benzene rings is 2. The number of rotatable bonds is 3. The highest BCUT2D eigenvalue weighted by Gasteiger charge is 2.22. The van der Waals surface area contributed by atoms with Crippen LogP contribution in [0.15, 0.2) is 48.5 Å². The average molecular weight is 305 g/mol. The van der Waals surface area contributed by atoms with Gasteiger partial charge in [0.05, 0.1) is 11.0 Å². The molecule has 3 aromatic rings. The van der Waals surface area contributed by atoms with E-state index in [1.165, 1.54) is 49.0 Å². The van der Waals surface area contributed by atoms with Gasteiger partial charge in [-0.2, -0.15) is 0 Å². The molecule has 0 bridgehead atoms. The van der Waals surface area contributed by atoms with Gasteiger partial charge in [-0.15, -0.1) is 0 Å². The Bertz CT molecular complexity index is 795. The number of nitrogen functional groups attached to an aromatic ring is 1. The van der Waals surface area contributed by atoms with Crippen LogP contribution in [0.1, 0.15) is 49.4 Å². The number of aromatic nitrogens is 2. The molecule has 1 fully saturated rings. The van der Waals surface area contributed by atoms with Crippen LogP contribution in [0.4, 0.5) is 5.69 Å². The number of nitrogens with zero attached hydrogens (tertiary/aromatic N) is 2. The van der Waals surface area contributed by atoms with Crippen LogP contribution in [0.3, 0.4) is 0 Å². The van der Waals surface area contributed by atoms with Gasteiger partial charge in [0, 0.05) is 18.2 Å². The van der Waals surface area contributed by atoms with Gasteiger partial charge in [-0.05, 0) is 42.7 Å². The van der Waals surface area contributed by atoms with Crippen LogP contribution in [-0.2, 0) is 6.54 Å². The summed E-state index contributed by atoms with van der Waals surface area (Å²) in [5, 5.41) is 0. The Morgan fingerprint density at radius 1 is 0.957 bits per heavy atom. The Kier molecular flexibility index (Phi) is 3.78. The number of fused-ring (bicyclic) bond motifs is 1. The zero-order valence-corrected chi connectivity index (χ0v) is 13.4. The van der Waals surface area contributed by atoms with E-state index >= 15 is 0 Å². The van der Waals surface area contributed by atoms with Crippen LogP contribution in [0, 0.1) is 0 Å². The highest BCUT2D eigenvalue weighted by molar-refractivity contribution is 5.76. The second-order valence-electron chi connectivity index (χ2n) is 6.62. The fraction of sp³-hybridized carbons (Fsp3) is 0.350. The summed E-state index contributed by atoms with van der Waals surface area (Å²) in [5.74, 6) is 1.87. The quantitative estimate of drug-likeness (QED) is 0.712. The molecule has 3 heteroatoms. The Balaban J connectivity index is 1.77. The van der Waals surface area contributed by atoms with E-state index in [4.69, 9.17) is 10.7 Å². The third-order valence-corrected chi connectivity index (χ3v) is 4.97. The van der Waals surface area contributed by atoms with Crippen molar-refractivity contribution in [2.45, 2.75) is 44.6 Å². The molecule has 1 saturated carbocycles. The molecular weight excluding hydrogens is 282 g/mol. The first-order chi connectivity index (χ1) is 11.3.